The van der Waals surface area contributed by atoms with Gasteiger partial charge in [0.15, 0.2) is 0 Å². The number of hydrogen-bond acceptors (Lipinski definition) is 5. The van der Waals surface area contributed by atoms with Crippen molar-refractivity contribution in [3.05, 3.63) is 62.4 Å². The number of likely N-dealkylation sites (tertiary alicyclic amines) is 1. The van der Waals surface area contributed by atoms with Crippen molar-refractivity contribution in [2.75, 3.05) is 39.4 Å². The normalized spacial score (nSPS) is 17.9. The quantitative estimate of drug-likeness (QED) is 0.561. The van der Waals surface area contributed by atoms with Crippen LogP contribution in [0.3, 0.4) is 0 Å². The Morgan fingerprint density at radius 2 is 1.75 bits per heavy atom. The van der Waals surface area contributed by atoms with Gasteiger partial charge in [0.1, 0.15) is 0 Å². The van der Waals surface area contributed by atoms with Gasteiger partial charge in [0.25, 0.3) is 11.5 Å². The summed E-state index contributed by atoms with van der Waals surface area (Å²) in [6.07, 6.45) is 1.17. The minimum absolute atomic E-state index is 0.0489. The molecular formula is C25H31F3N4O4. The molecule has 1 aromatic heterocycles. The third-order valence-corrected chi connectivity index (χ3v) is 7.02. The molecule has 1 aromatic carbocycles. The summed E-state index contributed by atoms with van der Waals surface area (Å²) < 4.78 is 47.4. The summed E-state index contributed by atoms with van der Waals surface area (Å²) in [7, 11) is 0. The molecule has 2 aliphatic heterocycles. The number of ether oxygens (including phenoxy) is 1. The van der Waals surface area contributed by atoms with Crippen LogP contribution in [-0.2, 0) is 10.9 Å². The van der Waals surface area contributed by atoms with Gasteiger partial charge in [-0.2, -0.15) is 13.2 Å². The van der Waals surface area contributed by atoms with Gasteiger partial charge in [-0.1, -0.05) is 0 Å². The van der Waals surface area contributed by atoms with Crippen molar-refractivity contribution < 1.29 is 22.7 Å². The Hall–Kier alpha value is -2.92. The Kier molecular flexibility index (Phi) is 8.30. The number of carbonyl (C=O) groups is 1. The van der Waals surface area contributed by atoms with Gasteiger partial charge in [-0.15, -0.1) is 0 Å². The van der Waals surface area contributed by atoms with Crippen LogP contribution in [-0.4, -0.2) is 59.8 Å². The van der Waals surface area contributed by atoms with Gasteiger partial charge in [-0.3, -0.25) is 19.1 Å². The van der Waals surface area contributed by atoms with E-state index in [2.05, 4.69) is 5.32 Å². The minimum Gasteiger partial charge on any atom is -0.381 e. The van der Waals surface area contributed by atoms with E-state index in [1.165, 1.54) is 12.8 Å². The average Bonchev–Trinajstić information content (AvgIpc) is 2.86. The fourth-order valence-electron chi connectivity index (χ4n) is 4.87. The molecule has 0 bridgehead atoms. The van der Waals surface area contributed by atoms with Crippen molar-refractivity contribution in [2.24, 2.45) is 11.8 Å². The number of hydrogen-bond donors (Lipinski definition) is 2. The SMILES string of the molecule is O=C(c1ccc(C(F)(F)F)c(-n2ccc(=O)[nH]c2=O)c1)N1CCC(COCCC2CCNCC2)CC1. The molecule has 0 atom stereocenters. The molecule has 3 heterocycles. The highest BCUT2D eigenvalue weighted by Crippen LogP contribution is 2.34. The van der Waals surface area contributed by atoms with E-state index in [-0.39, 0.29) is 5.56 Å². The predicted molar refractivity (Wildman–Crippen MR) is 127 cm³/mol. The second-order valence-electron chi connectivity index (χ2n) is 9.50. The monoisotopic (exact) mass is 508 g/mol. The van der Waals surface area contributed by atoms with Crippen molar-refractivity contribution in [1.29, 1.82) is 0 Å². The fraction of sp³-hybridized carbons (Fsp3) is 0.560. The summed E-state index contributed by atoms with van der Waals surface area (Å²) in [5.74, 6) is 0.656. The standard InChI is InChI=1S/C25H31F3N4O4/c26-25(27,28)20-2-1-19(15-21(20)32-13-7-22(33)30-24(32)35)23(34)31-11-5-18(6-12-31)16-36-14-8-17-3-9-29-10-4-17/h1-2,7,13,15,17-18,29H,3-6,8-12,14,16H2,(H,30,33,35). The Morgan fingerprint density at radius 1 is 1.03 bits per heavy atom. The molecule has 0 unspecified atom stereocenters. The van der Waals surface area contributed by atoms with Crippen molar-refractivity contribution in [3.8, 4) is 5.69 Å². The maximum atomic E-state index is 13.6. The average molecular weight is 509 g/mol. The topological polar surface area (TPSA) is 96.4 Å². The van der Waals surface area contributed by atoms with E-state index in [0.717, 1.165) is 69.4 Å². The summed E-state index contributed by atoms with van der Waals surface area (Å²) in [6.45, 7) is 4.49. The van der Waals surface area contributed by atoms with Crippen LogP contribution in [0.4, 0.5) is 13.2 Å². The molecular weight excluding hydrogens is 477 g/mol. The van der Waals surface area contributed by atoms with Gasteiger partial charge in [-0.25, -0.2) is 4.79 Å². The van der Waals surface area contributed by atoms with E-state index in [0.29, 0.717) is 36.1 Å². The maximum Gasteiger partial charge on any atom is 0.418 e. The summed E-state index contributed by atoms with van der Waals surface area (Å²) in [5, 5.41) is 3.36. The van der Waals surface area contributed by atoms with Gasteiger partial charge >= 0.3 is 11.9 Å². The molecule has 0 radical (unpaired) electrons. The number of aromatic amines is 1. The van der Waals surface area contributed by atoms with Crippen LogP contribution in [0.15, 0.2) is 40.1 Å². The van der Waals surface area contributed by atoms with Gasteiger partial charge < -0.3 is 15.0 Å². The molecule has 0 aliphatic carbocycles. The Morgan fingerprint density at radius 3 is 2.42 bits per heavy atom. The lowest BCUT2D eigenvalue weighted by molar-refractivity contribution is -0.137. The molecule has 0 spiro atoms. The molecule has 196 valence electrons. The zero-order valence-electron chi connectivity index (χ0n) is 20.0. The van der Waals surface area contributed by atoms with Crippen molar-refractivity contribution >= 4 is 5.91 Å². The zero-order chi connectivity index (χ0) is 25.7. The predicted octanol–water partition coefficient (Wildman–Crippen LogP) is 2.80. The van der Waals surface area contributed by atoms with E-state index < -0.39 is 34.6 Å². The largest absolute Gasteiger partial charge is 0.418 e. The zero-order valence-corrected chi connectivity index (χ0v) is 20.0. The number of H-pyrrole nitrogens is 1. The lowest BCUT2D eigenvalue weighted by Crippen LogP contribution is -2.39. The number of aromatic nitrogens is 2. The van der Waals surface area contributed by atoms with Crippen LogP contribution in [0, 0.1) is 11.8 Å². The molecule has 2 saturated heterocycles. The summed E-state index contributed by atoms with van der Waals surface area (Å²) in [5.41, 5.74) is -3.28. The first-order valence-electron chi connectivity index (χ1n) is 12.3. The molecule has 2 aliphatic rings. The van der Waals surface area contributed by atoms with E-state index in [1.807, 2.05) is 4.98 Å². The fourth-order valence-corrected chi connectivity index (χ4v) is 4.87. The van der Waals surface area contributed by atoms with E-state index >= 15 is 0 Å². The summed E-state index contributed by atoms with van der Waals surface area (Å²) in [6, 6.07) is 3.93. The second kappa shape index (κ2) is 11.4. The minimum atomic E-state index is -4.75. The smallest absolute Gasteiger partial charge is 0.381 e. The molecule has 2 aromatic rings. The highest BCUT2D eigenvalue weighted by atomic mass is 19.4. The van der Waals surface area contributed by atoms with Crippen molar-refractivity contribution in [1.82, 2.24) is 19.8 Å². The van der Waals surface area contributed by atoms with Crippen LogP contribution in [0.2, 0.25) is 0 Å². The number of halogens is 3. The van der Waals surface area contributed by atoms with Gasteiger partial charge in [-0.05, 0) is 75.2 Å². The number of carbonyl (C=O) groups excluding carboxylic acids is 1. The molecule has 36 heavy (non-hydrogen) atoms. The van der Waals surface area contributed by atoms with E-state index in [1.54, 1.807) is 4.90 Å². The number of benzene rings is 1. The van der Waals surface area contributed by atoms with Gasteiger partial charge in [0, 0.05) is 44.1 Å². The molecule has 4 rings (SSSR count). The third kappa shape index (κ3) is 6.44. The Labute approximate surface area is 206 Å². The van der Waals surface area contributed by atoms with Crippen LogP contribution < -0.4 is 16.6 Å². The highest BCUT2D eigenvalue weighted by molar-refractivity contribution is 5.95. The van der Waals surface area contributed by atoms with Crippen LogP contribution in [0.5, 0.6) is 0 Å². The number of alkyl halides is 3. The molecule has 2 fully saturated rings. The van der Waals surface area contributed by atoms with Crippen LogP contribution in [0.25, 0.3) is 5.69 Å². The number of piperidine rings is 2. The second-order valence-corrected chi connectivity index (χ2v) is 9.50. The molecule has 1 amide bonds. The number of nitrogens with zero attached hydrogens (tertiary/aromatic N) is 2. The maximum absolute atomic E-state index is 13.6. The van der Waals surface area contributed by atoms with Crippen molar-refractivity contribution in [3.63, 3.8) is 0 Å². The first kappa shape index (κ1) is 26.2. The summed E-state index contributed by atoms with van der Waals surface area (Å²) >= 11 is 0. The first-order valence-corrected chi connectivity index (χ1v) is 12.3. The number of rotatable bonds is 7. The highest BCUT2D eigenvalue weighted by Gasteiger charge is 2.35. The Balaban J connectivity index is 1.37. The van der Waals surface area contributed by atoms with E-state index in [9.17, 15) is 27.6 Å². The summed E-state index contributed by atoms with van der Waals surface area (Å²) in [4.78, 5) is 40.2. The first-order chi connectivity index (χ1) is 17.2. The number of nitrogens with one attached hydrogen (secondary N) is 2. The lowest BCUT2D eigenvalue weighted by atomic mass is 9.95. The lowest BCUT2D eigenvalue weighted by Gasteiger charge is -2.32. The molecule has 2 N–H and O–H groups in total. The number of amides is 1. The molecule has 0 saturated carbocycles. The van der Waals surface area contributed by atoms with Crippen molar-refractivity contribution in [2.45, 2.75) is 38.3 Å². The van der Waals surface area contributed by atoms with Crippen LogP contribution in [0.1, 0.15) is 48.0 Å². The molecule has 11 heteroatoms. The van der Waals surface area contributed by atoms with Crippen LogP contribution >= 0.6 is 0 Å². The van der Waals surface area contributed by atoms with E-state index in [4.69, 9.17) is 4.74 Å². The molecule has 8 nitrogen and oxygen atoms in total. The third-order valence-electron chi connectivity index (χ3n) is 7.02. The van der Waals surface area contributed by atoms with Gasteiger partial charge in [0.2, 0.25) is 0 Å². The Bertz CT molecular complexity index is 1160. The van der Waals surface area contributed by atoms with Gasteiger partial charge in [0.05, 0.1) is 11.3 Å².